The third-order valence-electron chi connectivity index (χ3n) is 4.59. The summed E-state index contributed by atoms with van der Waals surface area (Å²) in [7, 11) is 0. The summed E-state index contributed by atoms with van der Waals surface area (Å²) in [5.74, 6) is -0.370. The second-order valence-electron chi connectivity index (χ2n) is 6.12. The summed E-state index contributed by atoms with van der Waals surface area (Å²) in [5, 5.41) is 12.7. The highest BCUT2D eigenvalue weighted by atomic mass is 16.4. The van der Waals surface area contributed by atoms with E-state index in [-0.39, 0.29) is 5.92 Å². The highest BCUT2D eigenvalue weighted by Gasteiger charge is 2.33. The van der Waals surface area contributed by atoms with Crippen LogP contribution in [0.5, 0.6) is 0 Å². The Morgan fingerprint density at radius 2 is 2.17 bits per heavy atom. The minimum Gasteiger partial charge on any atom is -0.481 e. The molecule has 1 saturated heterocycles. The minimum absolute atomic E-state index is 0.111. The number of carbonyl (C=O) groups is 1. The van der Waals surface area contributed by atoms with Gasteiger partial charge in [-0.1, -0.05) is 6.42 Å². The van der Waals surface area contributed by atoms with Crippen molar-refractivity contribution in [3.05, 3.63) is 0 Å². The van der Waals surface area contributed by atoms with Crippen LogP contribution in [0.3, 0.4) is 0 Å². The Bertz CT molecular complexity index is 294. The normalized spacial score (nSPS) is 33.4. The zero-order valence-electron chi connectivity index (χ0n) is 11.6. The van der Waals surface area contributed by atoms with Gasteiger partial charge in [-0.15, -0.1) is 0 Å². The summed E-state index contributed by atoms with van der Waals surface area (Å²) in [6.07, 6.45) is 4.21. The summed E-state index contributed by atoms with van der Waals surface area (Å²) in [5.41, 5.74) is 0. The number of nitrogens with one attached hydrogen (secondary N) is 1. The largest absolute Gasteiger partial charge is 0.481 e. The van der Waals surface area contributed by atoms with Gasteiger partial charge < -0.3 is 10.4 Å². The lowest BCUT2D eigenvalue weighted by Crippen LogP contribution is -2.38. The van der Waals surface area contributed by atoms with Crippen molar-refractivity contribution < 1.29 is 9.90 Å². The van der Waals surface area contributed by atoms with Crippen LogP contribution in [0.2, 0.25) is 0 Å². The van der Waals surface area contributed by atoms with Crippen LogP contribution in [-0.2, 0) is 4.79 Å². The number of nitrogens with zero attached hydrogens (tertiary/aromatic N) is 1. The average Bonchev–Trinajstić information content (AvgIpc) is 2.95. The zero-order chi connectivity index (χ0) is 13.1. The molecule has 2 N–H and O–H groups in total. The number of hydrogen-bond donors (Lipinski definition) is 2. The van der Waals surface area contributed by atoms with E-state index >= 15 is 0 Å². The molecule has 1 aliphatic heterocycles. The summed E-state index contributed by atoms with van der Waals surface area (Å²) in [6.45, 7) is 7.64. The average molecular weight is 254 g/mol. The molecule has 0 aromatic heterocycles. The van der Waals surface area contributed by atoms with E-state index in [0.29, 0.717) is 18.0 Å². The topological polar surface area (TPSA) is 52.6 Å². The molecule has 0 bridgehead atoms. The molecule has 2 aliphatic rings. The summed E-state index contributed by atoms with van der Waals surface area (Å²) in [4.78, 5) is 13.6. The van der Waals surface area contributed by atoms with Crippen molar-refractivity contribution in [1.29, 1.82) is 0 Å². The first-order chi connectivity index (χ1) is 8.58. The fourth-order valence-electron chi connectivity index (χ4n) is 3.35. The standard InChI is InChI=1S/C14H26N2O2/c1-10(2)16-7-6-12(9-16)15-8-11-4-3-5-13(11)14(17)18/h10-13,15H,3-9H2,1-2H3,(H,17,18). The summed E-state index contributed by atoms with van der Waals surface area (Å²) in [6, 6.07) is 1.18. The van der Waals surface area contributed by atoms with Gasteiger partial charge in [-0.25, -0.2) is 0 Å². The highest BCUT2D eigenvalue weighted by molar-refractivity contribution is 5.70. The van der Waals surface area contributed by atoms with E-state index in [1.54, 1.807) is 0 Å². The molecule has 0 aromatic rings. The molecule has 3 unspecified atom stereocenters. The molecular formula is C14H26N2O2. The van der Waals surface area contributed by atoms with Crippen LogP contribution in [0.15, 0.2) is 0 Å². The van der Waals surface area contributed by atoms with Crippen LogP contribution in [-0.4, -0.2) is 47.7 Å². The van der Waals surface area contributed by atoms with E-state index in [9.17, 15) is 4.79 Å². The van der Waals surface area contributed by atoms with Crippen molar-refractivity contribution >= 4 is 5.97 Å². The molecule has 1 aliphatic carbocycles. The highest BCUT2D eigenvalue weighted by Crippen LogP contribution is 2.31. The Morgan fingerprint density at radius 1 is 1.39 bits per heavy atom. The molecule has 4 heteroatoms. The predicted molar refractivity (Wildman–Crippen MR) is 71.6 cm³/mol. The lowest BCUT2D eigenvalue weighted by molar-refractivity contribution is -0.142. The molecule has 0 radical (unpaired) electrons. The van der Waals surface area contributed by atoms with Gasteiger partial charge in [0.25, 0.3) is 0 Å². The monoisotopic (exact) mass is 254 g/mol. The first-order valence-corrected chi connectivity index (χ1v) is 7.28. The number of aliphatic carboxylic acids is 1. The van der Waals surface area contributed by atoms with Crippen molar-refractivity contribution in [3.8, 4) is 0 Å². The van der Waals surface area contributed by atoms with Gasteiger partial charge in [0.15, 0.2) is 0 Å². The molecule has 0 spiro atoms. The van der Waals surface area contributed by atoms with Crippen molar-refractivity contribution in [2.24, 2.45) is 11.8 Å². The Hall–Kier alpha value is -0.610. The van der Waals surface area contributed by atoms with Crippen LogP contribution >= 0.6 is 0 Å². The van der Waals surface area contributed by atoms with Crippen molar-refractivity contribution in [1.82, 2.24) is 10.2 Å². The van der Waals surface area contributed by atoms with E-state index in [1.165, 1.54) is 13.0 Å². The molecule has 2 rings (SSSR count). The van der Waals surface area contributed by atoms with Gasteiger partial charge in [0, 0.05) is 18.6 Å². The van der Waals surface area contributed by atoms with Crippen molar-refractivity contribution in [2.75, 3.05) is 19.6 Å². The Labute approximate surface area is 110 Å². The molecule has 1 saturated carbocycles. The Morgan fingerprint density at radius 3 is 2.78 bits per heavy atom. The summed E-state index contributed by atoms with van der Waals surface area (Å²) < 4.78 is 0. The molecule has 0 aromatic carbocycles. The number of carboxylic acids is 1. The van der Waals surface area contributed by atoms with Gasteiger partial charge in [0.2, 0.25) is 0 Å². The molecule has 0 amide bonds. The molecular weight excluding hydrogens is 228 g/mol. The molecule has 1 heterocycles. The fourth-order valence-corrected chi connectivity index (χ4v) is 3.35. The van der Waals surface area contributed by atoms with Gasteiger partial charge in [-0.05, 0) is 52.1 Å². The molecule has 18 heavy (non-hydrogen) atoms. The lowest BCUT2D eigenvalue weighted by Gasteiger charge is -2.22. The molecule has 104 valence electrons. The minimum atomic E-state index is -0.602. The Balaban J connectivity index is 1.74. The van der Waals surface area contributed by atoms with Crippen LogP contribution in [0.1, 0.15) is 39.5 Å². The number of rotatable bonds is 5. The smallest absolute Gasteiger partial charge is 0.306 e. The number of likely N-dealkylation sites (tertiary alicyclic amines) is 1. The molecule has 2 fully saturated rings. The maximum Gasteiger partial charge on any atom is 0.306 e. The van der Waals surface area contributed by atoms with Gasteiger partial charge in [0.05, 0.1) is 5.92 Å². The molecule has 3 atom stereocenters. The predicted octanol–water partition coefficient (Wildman–Crippen LogP) is 1.56. The van der Waals surface area contributed by atoms with Crippen molar-refractivity contribution in [2.45, 2.75) is 51.6 Å². The van der Waals surface area contributed by atoms with Crippen LogP contribution < -0.4 is 5.32 Å². The number of hydrogen-bond acceptors (Lipinski definition) is 3. The van der Waals surface area contributed by atoms with E-state index in [1.807, 2.05) is 0 Å². The third kappa shape index (κ3) is 3.23. The molecule has 4 nitrogen and oxygen atoms in total. The lowest BCUT2D eigenvalue weighted by atomic mass is 9.96. The van der Waals surface area contributed by atoms with E-state index in [2.05, 4.69) is 24.1 Å². The third-order valence-corrected chi connectivity index (χ3v) is 4.59. The zero-order valence-corrected chi connectivity index (χ0v) is 11.6. The van der Waals surface area contributed by atoms with E-state index < -0.39 is 5.97 Å². The second kappa shape index (κ2) is 6.02. The van der Waals surface area contributed by atoms with Crippen LogP contribution in [0.25, 0.3) is 0 Å². The van der Waals surface area contributed by atoms with Gasteiger partial charge >= 0.3 is 5.97 Å². The Kier molecular flexibility index (Phi) is 4.62. The summed E-state index contributed by atoms with van der Waals surface area (Å²) >= 11 is 0. The van der Waals surface area contributed by atoms with Crippen molar-refractivity contribution in [3.63, 3.8) is 0 Å². The van der Waals surface area contributed by atoms with E-state index in [4.69, 9.17) is 5.11 Å². The number of carboxylic acid groups (broad SMARTS) is 1. The quantitative estimate of drug-likeness (QED) is 0.782. The first-order valence-electron chi connectivity index (χ1n) is 7.28. The maximum atomic E-state index is 11.1. The van der Waals surface area contributed by atoms with Crippen LogP contribution in [0.4, 0.5) is 0 Å². The van der Waals surface area contributed by atoms with Gasteiger partial charge in [-0.2, -0.15) is 0 Å². The van der Waals surface area contributed by atoms with Gasteiger partial charge in [-0.3, -0.25) is 9.69 Å². The van der Waals surface area contributed by atoms with E-state index in [0.717, 1.165) is 32.4 Å². The first kappa shape index (κ1) is 13.8. The van der Waals surface area contributed by atoms with Crippen LogP contribution in [0, 0.1) is 11.8 Å². The van der Waals surface area contributed by atoms with Gasteiger partial charge in [0.1, 0.15) is 0 Å². The SMILES string of the molecule is CC(C)N1CCC(NCC2CCCC2C(=O)O)C1. The maximum absolute atomic E-state index is 11.1. The fraction of sp³-hybridized carbons (Fsp3) is 0.929. The second-order valence-corrected chi connectivity index (χ2v) is 6.12.